The first-order valence-electron chi connectivity index (χ1n) is 7.97. The summed E-state index contributed by atoms with van der Waals surface area (Å²) in [5.74, 6) is 2.36. The Labute approximate surface area is 128 Å². The third kappa shape index (κ3) is 3.56. The highest BCUT2D eigenvalue weighted by atomic mass is 16.5. The molecule has 1 fully saturated rings. The van der Waals surface area contributed by atoms with Crippen molar-refractivity contribution < 1.29 is 4.74 Å². The molecule has 0 aliphatic heterocycles. The summed E-state index contributed by atoms with van der Waals surface area (Å²) >= 11 is 0. The van der Waals surface area contributed by atoms with Crippen molar-refractivity contribution in [1.82, 2.24) is 4.98 Å². The van der Waals surface area contributed by atoms with E-state index in [1.54, 1.807) is 0 Å². The Morgan fingerprint density at radius 1 is 1.33 bits per heavy atom. The molecule has 1 saturated carbocycles. The van der Waals surface area contributed by atoms with Crippen molar-refractivity contribution in [3.8, 4) is 11.9 Å². The third-order valence-corrected chi connectivity index (χ3v) is 4.65. The molecule has 2 rings (SSSR count). The average molecular weight is 286 g/mol. The topological polar surface area (TPSA) is 45.9 Å². The first-order valence-corrected chi connectivity index (χ1v) is 7.97. The van der Waals surface area contributed by atoms with Crippen LogP contribution in [0.1, 0.15) is 56.9 Å². The predicted octanol–water partition coefficient (Wildman–Crippen LogP) is 4.41. The molecule has 1 heterocycles. The molecule has 0 spiro atoms. The van der Waals surface area contributed by atoms with Crippen LogP contribution >= 0.6 is 0 Å². The molecular weight excluding hydrogens is 260 g/mol. The highest BCUT2D eigenvalue weighted by Gasteiger charge is 2.33. The lowest BCUT2D eigenvalue weighted by Crippen LogP contribution is -2.36. The summed E-state index contributed by atoms with van der Waals surface area (Å²) in [6.45, 7) is 10.7. The highest BCUT2D eigenvalue weighted by Crippen LogP contribution is 2.36. The molecule has 1 aliphatic rings. The fraction of sp³-hybridized carbons (Fsp3) is 0.667. The van der Waals surface area contributed by atoms with Gasteiger partial charge in [0.05, 0.1) is 0 Å². The van der Waals surface area contributed by atoms with Gasteiger partial charge in [0.2, 0.25) is 5.88 Å². The molecule has 3 nitrogen and oxygen atoms in total. The van der Waals surface area contributed by atoms with Crippen molar-refractivity contribution >= 4 is 0 Å². The van der Waals surface area contributed by atoms with E-state index in [-0.39, 0.29) is 6.10 Å². The molecular formula is C18H26N2O. The molecule has 1 aliphatic carbocycles. The Morgan fingerprint density at radius 2 is 2.05 bits per heavy atom. The van der Waals surface area contributed by atoms with Gasteiger partial charge in [0.25, 0.3) is 0 Å². The Hall–Kier alpha value is -1.56. The van der Waals surface area contributed by atoms with Crippen LogP contribution in [0.15, 0.2) is 6.07 Å². The molecule has 3 atom stereocenters. The van der Waals surface area contributed by atoms with E-state index in [1.165, 1.54) is 12.8 Å². The van der Waals surface area contributed by atoms with Crippen molar-refractivity contribution in [2.24, 2.45) is 17.8 Å². The van der Waals surface area contributed by atoms with Crippen molar-refractivity contribution in [2.75, 3.05) is 0 Å². The number of aryl methyl sites for hydroxylation is 2. The lowest BCUT2D eigenvalue weighted by Gasteiger charge is -2.37. The van der Waals surface area contributed by atoms with E-state index in [4.69, 9.17) is 4.74 Å². The normalized spacial score (nSPS) is 25.7. The van der Waals surface area contributed by atoms with Crippen LogP contribution in [0.2, 0.25) is 0 Å². The van der Waals surface area contributed by atoms with Gasteiger partial charge in [-0.15, -0.1) is 0 Å². The van der Waals surface area contributed by atoms with E-state index >= 15 is 0 Å². The van der Waals surface area contributed by atoms with Crippen molar-refractivity contribution in [3.63, 3.8) is 0 Å². The second kappa shape index (κ2) is 6.47. The van der Waals surface area contributed by atoms with Gasteiger partial charge in [0.15, 0.2) is 0 Å². The molecule has 0 bridgehead atoms. The van der Waals surface area contributed by atoms with E-state index in [0.29, 0.717) is 29.2 Å². The second-order valence-electron chi connectivity index (χ2n) is 6.85. The first-order chi connectivity index (χ1) is 9.92. The number of hydrogen-bond donors (Lipinski definition) is 0. The maximum absolute atomic E-state index is 9.38. The van der Waals surface area contributed by atoms with Crippen LogP contribution in [0.5, 0.6) is 5.88 Å². The highest BCUT2D eigenvalue weighted by molar-refractivity contribution is 5.45. The Morgan fingerprint density at radius 3 is 2.67 bits per heavy atom. The molecule has 1 aromatic rings. The van der Waals surface area contributed by atoms with Gasteiger partial charge in [0, 0.05) is 5.69 Å². The van der Waals surface area contributed by atoms with Crippen molar-refractivity contribution in [2.45, 2.75) is 60.0 Å². The van der Waals surface area contributed by atoms with Crippen LogP contribution in [-0.2, 0) is 0 Å². The van der Waals surface area contributed by atoms with Gasteiger partial charge >= 0.3 is 0 Å². The minimum atomic E-state index is 0.176. The van der Waals surface area contributed by atoms with Crippen LogP contribution in [0.25, 0.3) is 0 Å². The van der Waals surface area contributed by atoms with E-state index in [0.717, 1.165) is 17.7 Å². The maximum Gasteiger partial charge on any atom is 0.232 e. The van der Waals surface area contributed by atoms with Crippen molar-refractivity contribution in [3.05, 3.63) is 22.9 Å². The van der Waals surface area contributed by atoms with Gasteiger partial charge < -0.3 is 4.74 Å². The SMILES string of the molecule is Cc1cc(C)c(C#N)c(OC2CC(C)CCC2C(C)C)n1. The predicted molar refractivity (Wildman–Crippen MR) is 84.2 cm³/mol. The van der Waals surface area contributed by atoms with E-state index in [1.807, 2.05) is 19.9 Å². The molecule has 0 aromatic carbocycles. The maximum atomic E-state index is 9.38. The molecule has 1 aromatic heterocycles. The van der Waals surface area contributed by atoms with Gasteiger partial charge in [-0.05, 0) is 56.1 Å². The molecule has 3 unspecified atom stereocenters. The fourth-order valence-corrected chi connectivity index (χ4v) is 3.42. The summed E-state index contributed by atoms with van der Waals surface area (Å²) in [6.07, 6.45) is 3.71. The van der Waals surface area contributed by atoms with E-state index in [9.17, 15) is 5.26 Å². The van der Waals surface area contributed by atoms with Crippen LogP contribution in [0, 0.1) is 42.9 Å². The van der Waals surface area contributed by atoms with Crippen molar-refractivity contribution in [1.29, 1.82) is 5.26 Å². The molecule has 0 N–H and O–H groups in total. The summed E-state index contributed by atoms with van der Waals surface area (Å²) in [5.41, 5.74) is 2.44. The Balaban J connectivity index is 2.29. The lowest BCUT2D eigenvalue weighted by molar-refractivity contribution is 0.0423. The average Bonchev–Trinajstić information content (AvgIpc) is 2.37. The largest absolute Gasteiger partial charge is 0.473 e. The van der Waals surface area contributed by atoms with Gasteiger partial charge in [-0.3, -0.25) is 0 Å². The van der Waals surface area contributed by atoms with Crippen LogP contribution in [0.3, 0.4) is 0 Å². The van der Waals surface area contributed by atoms with Crippen LogP contribution < -0.4 is 4.74 Å². The molecule has 0 saturated heterocycles. The van der Waals surface area contributed by atoms with Gasteiger partial charge in [-0.2, -0.15) is 5.26 Å². The van der Waals surface area contributed by atoms with Crippen LogP contribution in [0.4, 0.5) is 0 Å². The molecule has 3 heteroatoms. The summed E-state index contributed by atoms with van der Waals surface area (Å²) < 4.78 is 6.25. The fourth-order valence-electron chi connectivity index (χ4n) is 3.42. The smallest absolute Gasteiger partial charge is 0.232 e. The summed E-state index contributed by atoms with van der Waals surface area (Å²) in [7, 11) is 0. The number of aromatic nitrogens is 1. The van der Waals surface area contributed by atoms with Gasteiger partial charge in [-0.1, -0.05) is 27.2 Å². The molecule has 114 valence electrons. The Bertz CT molecular complexity index is 545. The molecule has 21 heavy (non-hydrogen) atoms. The van der Waals surface area contributed by atoms with Gasteiger partial charge in [0.1, 0.15) is 17.7 Å². The molecule has 0 radical (unpaired) electrons. The number of nitriles is 1. The van der Waals surface area contributed by atoms with Gasteiger partial charge in [-0.25, -0.2) is 4.98 Å². The van der Waals surface area contributed by atoms with Crippen LogP contribution in [-0.4, -0.2) is 11.1 Å². The quantitative estimate of drug-likeness (QED) is 0.826. The number of hydrogen-bond acceptors (Lipinski definition) is 3. The standard InChI is InChI=1S/C18H26N2O/c1-11(2)15-7-6-12(3)8-17(15)21-18-16(10-19)13(4)9-14(5)20-18/h9,11-12,15,17H,6-8H2,1-5H3. The lowest BCUT2D eigenvalue weighted by atomic mass is 9.75. The minimum absolute atomic E-state index is 0.176. The minimum Gasteiger partial charge on any atom is -0.473 e. The first kappa shape index (κ1) is 15.8. The van der Waals surface area contributed by atoms with E-state index < -0.39 is 0 Å². The third-order valence-electron chi connectivity index (χ3n) is 4.65. The summed E-state index contributed by atoms with van der Waals surface area (Å²) in [5, 5.41) is 9.38. The molecule has 0 amide bonds. The number of rotatable bonds is 3. The number of ether oxygens (including phenoxy) is 1. The zero-order chi connectivity index (χ0) is 15.6. The Kier molecular flexibility index (Phi) is 4.88. The number of pyridine rings is 1. The zero-order valence-corrected chi connectivity index (χ0v) is 13.8. The van der Waals surface area contributed by atoms with E-state index in [2.05, 4.69) is 31.8 Å². The zero-order valence-electron chi connectivity index (χ0n) is 13.8. The summed E-state index contributed by atoms with van der Waals surface area (Å²) in [4.78, 5) is 4.47. The monoisotopic (exact) mass is 286 g/mol. The second-order valence-corrected chi connectivity index (χ2v) is 6.85. The summed E-state index contributed by atoms with van der Waals surface area (Å²) in [6, 6.07) is 4.19. The number of nitrogens with zero attached hydrogens (tertiary/aromatic N) is 2.